The van der Waals surface area contributed by atoms with E-state index in [9.17, 15) is 13.2 Å². The Morgan fingerprint density at radius 3 is 2.40 bits per heavy atom. The van der Waals surface area contributed by atoms with Gasteiger partial charge in [-0.05, 0) is 36.4 Å². The van der Waals surface area contributed by atoms with Crippen LogP contribution in [-0.4, -0.2) is 54.2 Å². The Kier molecular flexibility index (Phi) is 5.01. The van der Waals surface area contributed by atoms with Crippen LogP contribution in [0.5, 0.6) is 11.5 Å². The molecular weight excluding hydrogens is 468 g/mol. The van der Waals surface area contributed by atoms with Gasteiger partial charge in [-0.3, -0.25) is 4.57 Å². The van der Waals surface area contributed by atoms with Crippen LogP contribution in [0.4, 0.5) is 5.69 Å². The molecule has 3 aromatic carbocycles. The molecule has 6 rings (SSSR count). The predicted molar refractivity (Wildman–Crippen MR) is 131 cm³/mol. The van der Waals surface area contributed by atoms with Gasteiger partial charge < -0.3 is 14.1 Å². The van der Waals surface area contributed by atoms with Crippen molar-refractivity contribution in [1.29, 1.82) is 0 Å². The van der Waals surface area contributed by atoms with Crippen LogP contribution in [0.15, 0.2) is 85.8 Å². The van der Waals surface area contributed by atoms with Gasteiger partial charge in [0, 0.05) is 39.3 Å². The molecule has 9 nitrogen and oxygen atoms in total. The Labute approximate surface area is 201 Å². The van der Waals surface area contributed by atoms with E-state index in [0.717, 1.165) is 17.1 Å². The molecule has 0 radical (unpaired) electrons. The molecule has 3 heterocycles. The molecular formula is C25H22N4O5S. The maximum absolute atomic E-state index is 13.4. The van der Waals surface area contributed by atoms with Crippen molar-refractivity contribution >= 4 is 32.6 Å². The molecule has 2 aliphatic heterocycles. The molecule has 0 unspecified atom stereocenters. The lowest BCUT2D eigenvalue weighted by atomic mass is 10.1. The number of sulfonamides is 1. The highest BCUT2D eigenvalue weighted by Gasteiger charge is 2.32. The fraction of sp³-hybridized carbons (Fsp3) is 0.200. The van der Waals surface area contributed by atoms with Crippen molar-refractivity contribution in [2.45, 2.75) is 4.90 Å². The van der Waals surface area contributed by atoms with Crippen molar-refractivity contribution in [3.63, 3.8) is 0 Å². The molecule has 1 aromatic heterocycles. The second kappa shape index (κ2) is 8.10. The van der Waals surface area contributed by atoms with E-state index in [0.29, 0.717) is 43.2 Å². The average molecular weight is 491 g/mol. The van der Waals surface area contributed by atoms with E-state index in [2.05, 4.69) is 4.90 Å². The first kappa shape index (κ1) is 21.6. The van der Waals surface area contributed by atoms with Crippen LogP contribution in [0.3, 0.4) is 0 Å². The van der Waals surface area contributed by atoms with Crippen LogP contribution in [0.1, 0.15) is 5.56 Å². The lowest BCUT2D eigenvalue weighted by molar-refractivity contribution is 0.266. The van der Waals surface area contributed by atoms with Gasteiger partial charge in [0.15, 0.2) is 11.3 Å². The number of amidine groups is 1. The first-order valence-electron chi connectivity index (χ1n) is 11.2. The molecule has 0 amide bonds. The van der Waals surface area contributed by atoms with Crippen LogP contribution < -0.4 is 10.5 Å². The van der Waals surface area contributed by atoms with Gasteiger partial charge in [-0.1, -0.05) is 24.3 Å². The first-order chi connectivity index (χ1) is 16.9. The van der Waals surface area contributed by atoms with E-state index in [1.807, 2.05) is 48.5 Å². The Morgan fingerprint density at radius 1 is 0.886 bits per heavy atom. The van der Waals surface area contributed by atoms with E-state index < -0.39 is 15.8 Å². The van der Waals surface area contributed by atoms with Gasteiger partial charge in [0.25, 0.3) is 0 Å². The van der Waals surface area contributed by atoms with Crippen LogP contribution in [0, 0.1) is 0 Å². The minimum Gasteiger partial charge on any atom is -0.454 e. The van der Waals surface area contributed by atoms with E-state index in [4.69, 9.17) is 14.1 Å². The Morgan fingerprint density at radius 2 is 1.60 bits per heavy atom. The molecule has 0 saturated carbocycles. The second-order valence-corrected chi connectivity index (χ2v) is 10.4. The summed E-state index contributed by atoms with van der Waals surface area (Å²) in [6.45, 7) is 1.53. The third kappa shape index (κ3) is 3.62. The number of aromatic nitrogens is 1. The summed E-state index contributed by atoms with van der Waals surface area (Å²) in [4.78, 5) is 18.9. The molecule has 4 aromatic rings. The van der Waals surface area contributed by atoms with Gasteiger partial charge in [0.05, 0.1) is 16.0 Å². The normalized spacial score (nSPS) is 16.3. The third-order valence-electron chi connectivity index (χ3n) is 6.38. The van der Waals surface area contributed by atoms with Crippen molar-refractivity contribution in [2.75, 3.05) is 26.2 Å². The molecule has 2 aliphatic rings. The Balaban J connectivity index is 1.28. The number of fused-ring (bicyclic) bond motifs is 3. The first-order valence-corrected chi connectivity index (χ1v) is 12.7. The summed E-state index contributed by atoms with van der Waals surface area (Å²) in [6, 6.07) is 19.9. The number of ether oxygens (including phenoxy) is 1. The smallest absolute Gasteiger partial charge is 0.419 e. The quantitative estimate of drug-likeness (QED) is 0.428. The summed E-state index contributed by atoms with van der Waals surface area (Å²) >= 11 is 0. The maximum Gasteiger partial charge on any atom is 0.419 e. The second-order valence-electron chi connectivity index (χ2n) is 8.45. The molecule has 1 saturated heterocycles. The summed E-state index contributed by atoms with van der Waals surface area (Å²) < 4.78 is 40.8. The van der Waals surface area contributed by atoms with E-state index >= 15 is 0 Å². The Hall–Kier alpha value is -3.89. The van der Waals surface area contributed by atoms with Crippen molar-refractivity contribution in [3.05, 3.63) is 82.8 Å². The third-order valence-corrected chi connectivity index (χ3v) is 8.27. The molecule has 0 aliphatic carbocycles. The lowest BCUT2D eigenvalue weighted by Crippen LogP contribution is -2.50. The van der Waals surface area contributed by atoms with E-state index in [-0.39, 0.29) is 10.5 Å². The number of piperazine rings is 1. The maximum atomic E-state index is 13.4. The fourth-order valence-electron chi connectivity index (χ4n) is 4.47. The SMILES string of the molecule is Cn1c(=O)oc2cc(S(=O)(=O)N3CCN(C4=Nc5ccccc5Oc5ccccc54)CC3)ccc21. The van der Waals surface area contributed by atoms with Crippen molar-refractivity contribution in [1.82, 2.24) is 13.8 Å². The summed E-state index contributed by atoms with van der Waals surface area (Å²) in [5.74, 6) is 1.62. The molecule has 178 valence electrons. The number of aryl methyl sites for hydroxylation is 1. The summed E-state index contributed by atoms with van der Waals surface area (Å²) in [6.07, 6.45) is 0. The fourth-order valence-corrected chi connectivity index (χ4v) is 5.91. The Bertz CT molecular complexity index is 1650. The zero-order chi connectivity index (χ0) is 24.2. The average Bonchev–Trinajstić information content (AvgIpc) is 3.06. The standard InChI is InChI=1S/C25H22N4O5S/c1-27-20-11-10-17(16-23(20)34-25(27)30)35(31,32)29-14-12-28(13-15-29)24-18-6-2-4-8-21(18)33-22-9-5-3-7-19(22)26-24/h2-11,16H,12-15H2,1H3. The lowest BCUT2D eigenvalue weighted by Gasteiger charge is -2.35. The van der Waals surface area contributed by atoms with Crippen LogP contribution in [0.25, 0.3) is 11.1 Å². The van der Waals surface area contributed by atoms with E-state index in [1.165, 1.54) is 21.0 Å². The molecule has 0 spiro atoms. The highest BCUT2D eigenvalue weighted by Crippen LogP contribution is 2.38. The number of para-hydroxylation sites is 3. The molecule has 0 bridgehead atoms. The van der Waals surface area contributed by atoms with Gasteiger partial charge >= 0.3 is 5.76 Å². The number of oxazole rings is 1. The number of aliphatic imine (C=N–C) groups is 1. The number of hydrogen-bond acceptors (Lipinski definition) is 7. The highest BCUT2D eigenvalue weighted by atomic mass is 32.2. The summed E-state index contributed by atoms with van der Waals surface area (Å²) in [7, 11) is -2.17. The monoisotopic (exact) mass is 490 g/mol. The summed E-state index contributed by atoms with van der Waals surface area (Å²) in [5, 5.41) is 0. The number of benzene rings is 3. The molecule has 35 heavy (non-hydrogen) atoms. The minimum absolute atomic E-state index is 0.104. The summed E-state index contributed by atoms with van der Waals surface area (Å²) in [5.41, 5.74) is 2.39. The van der Waals surface area contributed by atoms with Gasteiger partial charge in [-0.15, -0.1) is 0 Å². The topological polar surface area (TPSA) is 97.3 Å². The zero-order valence-electron chi connectivity index (χ0n) is 18.9. The van der Waals surface area contributed by atoms with Gasteiger partial charge in [0.1, 0.15) is 17.3 Å². The van der Waals surface area contributed by atoms with Gasteiger partial charge in [0.2, 0.25) is 10.0 Å². The van der Waals surface area contributed by atoms with Crippen molar-refractivity contribution in [2.24, 2.45) is 12.0 Å². The highest BCUT2D eigenvalue weighted by molar-refractivity contribution is 7.89. The van der Waals surface area contributed by atoms with Crippen LogP contribution in [0.2, 0.25) is 0 Å². The molecule has 0 atom stereocenters. The van der Waals surface area contributed by atoms with Crippen molar-refractivity contribution < 1.29 is 17.6 Å². The number of hydrogen-bond donors (Lipinski definition) is 0. The van der Waals surface area contributed by atoms with Gasteiger partial charge in [-0.25, -0.2) is 18.2 Å². The van der Waals surface area contributed by atoms with Crippen LogP contribution in [-0.2, 0) is 17.1 Å². The van der Waals surface area contributed by atoms with Crippen molar-refractivity contribution in [3.8, 4) is 11.5 Å². The minimum atomic E-state index is -3.76. The van der Waals surface area contributed by atoms with Crippen LogP contribution >= 0.6 is 0 Å². The molecule has 1 fully saturated rings. The van der Waals surface area contributed by atoms with Gasteiger partial charge in [-0.2, -0.15) is 4.31 Å². The largest absolute Gasteiger partial charge is 0.454 e. The predicted octanol–water partition coefficient (Wildman–Crippen LogP) is 3.32. The zero-order valence-corrected chi connectivity index (χ0v) is 19.7. The number of nitrogens with zero attached hydrogens (tertiary/aromatic N) is 4. The van der Waals surface area contributed by atoms with E-state index in [1.54, 1.807) is 13.1 Å². The number of rotatable bonds is 2. The molecule has 10 heteroatoms. The molecule has 0 N–H and O–H groups in total.